The van der Waals surface area contributed by atoms with Crippen molar-refractivity contribution in [3.8, 4) is 0 Å². The zero-order valence-electron chi connectivity index (χ0n) is 10.5. The molecule has 16 heavy (non-hydrogen) atoms. The highest BCUT2D eigenvalue weighted by atomic mass is 32.2. The van der Waals surface area contributed by atoms with Crippen LogP contribution >= 0.6 is 11.8 Å². The summed E-state index contributed by atoms with van der Waals surface area (Å²) >= 11 is 1.87. The third-order valence-electron chi connectivity index (χ3n) is 3.54. The second-order valence-corrected chi connectivity index (χ2v) is 5.90. The Morgan fingerprint density at radius 1 is 1.38 bits per heavy atom. The maximum atomic E-state index is 11.9. The van der Waals surface area contributed by atoms with E-state index in [9.17, 15) is 4.79 Å². The molecule has 0 aromatic heterocycles. The fourth-order valence-corrected chi connectivity index (χ4v) is 3.03. The lowest BCUT2D eigenvalue weighted by Gasteiger charge is -2.32. The van der Waals surface area contributed by atoms with Crippen LogP contribution in [0.25, 0.3) is 0 Å². The van der Waals surface area contributed by atoms with Gasteiger partial charge < -0.3 is 11.1 Å². The Hall–Kier alpha value is -0.220. The molecule has 1 aliphatic rings. The smallest absolute Gasteiger partial charge is 0.224 e. The summed E-state index contributed by atoms with van der Waals surface area (Å²) in [6, 6.07) is 0.272. The lowest BCUT2D eigenvalue weighted by molar-refractivity contribution is -0.125. The quantitative estimate of drug-likeness (QED) is 0.792. The van der Waals surface area contributed by atoms with Crippen LogP contribution in [-0.2, 0) is 4.79 Å². The molecule has 1 fully saturated rings. The van der Waals surface area contributed by atoms with Crippen molar-refractivity contribution in [2.45, 2.75) is 56.9 Å². The van der Waals surface area contributed by atoms with Gasteiger partial charge >= 0.3 is 0 Å². The first-order valence-corrected chi connectivity index (χ1v) is 7.43. The lowest BCUT2D eigenvalue weighted by atomic mass is 9.93. The van der Waals surface area contributed by atoms with Gasteiger partial charge in [0.2, 0.25) is 5.91 Å². The number of carbonyl (C=O) groups is 1. The molecular formula is C12H24N2OS. The van der Waals surface area contributed by atoms with Gasteiger partial charge in [0.25, 0.3) is 0 Å². The predicted molar refractivity (Wildman–Crippen MR) is 70.5 cm³/mol. The monoisotopic (exact) mass is 244 g/mol. The second-order valence-electron chi connectivity index (χ2n) is 4.82. The average Bonchev–Trinajstić information content (AvgIpc) is 2.28. The van der Waals surface area contributed by atoms with E-state index < -0.39 is 0 Å². The van der Waals surface area contributed by atoms with Crippen molar-refractivity contribution in [2.75, 3.05) is 6.26 Å². The van der Waals surface area contributed by atoms with Gasteiger partial charge in [0.05, 0.1) is 0 Å². The minimum Gasteiger partial charge on any atom is -0.352 e. The van der Waals surface area contributed by atoms with Crippen molar-refractivity contribution < 1.29 is 4.79 Å². The molecule has 4 heteroatoms. The van der Waals surface area contributed by atoms with Crippen molar-refractivity contribution in [3.05, 3.63) is 0 Å². The van der Waals surface area contributed by atoms with Gasteiger partial charge in [-0.2, -0.15) is 11.8 Å². The van der Waals surface area contributed by atoms with E-state index in [1.807, 2.05) is 25.6 Å². The molecule has 4 atom stereocenters. The van der Waals surface area contributed by atoms with Crippen LogP contribution in [0.1, 0.15) is 39.5 Å². The van der Waals surface area contributed by atoms with Crippen LogP contribution in [0.2, 0.25) is 0 Å². The molecule has 3 nitrogen and oxygen atoms in total. The molecule has 1 amide bonds. The van der Waals surface area contributed by atoms with E-state index >= 15 is 0 Å². The molecular weight excluding hydrogens is 220 g/mol. The fraction of sp³-hybridized carbons (Fsp3) is 0.917. The Balaban J connectivity index is 2.48. The molecule has 0 heterocycles. The van der Waals surface area contributed by atoms with E-state index in [4.69, 9.17) is 5.73 Å². The lowest BCUT2D eigenvalue weighted by Crippen LogP contribution is -2.48. The van der Waals surface area contributed by atoms with Crippen molar-refractivity contribution in [3.63, 3.8) is 0 Å². The van der Waals surface area contributed by atoms with Crippen LogP contribution < -0.4 is 11.1 Å². The summed E-state index contributed by atoms with van der Waals surface area (Å²) < 4.78 is 0. The van der Waals surface area contributed by atoms with Crippen molar-refractivity contribution in [1.82, 2.24) is 5.32 Å². The Morgan fingerprint density at radius 3 is 2.56 bits per heavy atom. The molecule has 1 aliphatic carbocycles. The van der Waals surface area contributed by atoms with Crippen molar-refractivity contribution in [2.24, 2.45) is 11.7 Å². The summed E-state index contributed by atoms with van der Waals surface area (Å²) in [5.74, 6) is 0.0189. The summed E-state index contributed by atoms with van der Waals surface area (Å²) in [4.78, 5) is 11.9. The molecule has 0 aliphatic heterocycles. The van der Waals surface area contributed by atoms with Crippen LogP contribution in [0.3, 0.4) is 0 Å². The SMILES string of the molecule is CSC1CCCCC1NC(=O)C(C)C(C)N. The van der Waals surface area contributed by atoms with Crippen molar-refractivity contribution in [1.29, 1.82) is 0 Å². The van der Waals surface area contributed by atoms with E-state index in [0.717, 1.165) is 6.42 Å². The maximum absolute atomic E-state index is 11.9. The topological polar surface area (TPSA) is 55.1 Å². The first kappa shape index (κ1) is 13.8. The molecule has 0 saturated heterocycles. The summed E-state index contributed by atoms with van der Waals surface area (Å²) in [5, 5.41) is 3.74. The van der Waals surface area contributed by atoms with Gasteiger partial charge in [0.1, 0.15) is 0 Å². The Morgan fingerprint density at radius 2 is 2.00 bits per heavy atom. The molecule has 1 saturated carbocycles. The van der Waals surface area contributed by atoms with E-state index in [0.29, 0.717) is 11.3 Å². The molecule has 0 radical (unpaired) electrons. The van der Waals surface area contributed by atoms with Gasteiger partial charge in [-0.1, -0.05) is 19.8 Å². The minimum atomic E-state index is -0.0931. The van der Waals surface area contributed by atoms with Gasteiger partial charge in [-0.05, 0) is 26.0 Å². The molecule has 0 bridgehead atoms. The summed E-state index contributed by atoms with van der Waals surface area (Å²) in [6.07, 6.45) is 6.99. The molecule has 94 valence electrons. The highest BCUT2D eigenvalue weighted by Gasteiger charge is 2.27. The Bertz CT molecular complexity index is 233. The number of amides is 1. The summed E-state index contributed by atoms with van der Waals surface area (Å²) in [5.41, 5.74) is 5.74. The molecule has 1 rings (SSSR count). The van der Waals surface area contributed by atoms with Gasteiger partial charge in [-0.3, -0.25) is 4.79 Å². The largest absolute Gasteiger partial charge is 0.352 e. The minimum absolute atomic E-state index is 0.0729. The normalized spacial score (nSPS) is 29.5. The number of carbonyl (C=O) groups excluding carboxylic acids is 1. The van der Waals surface area contributed by atoms with Crippen LogP contribution in [-0.4, -0.2) is 29.5 Å². The third kappa shape index (κ3) is 3.67. The Labute approximate surface area is 103 Å². The summed E-state index contributed by atoms with van der Waals surface area (Å²) in [6.45, 7) is 3.79. The fourth-order valence-electron chi connectivity index (χ4n) is 2.10. The van der Waals surface area contributed by atoms with Gasteiger partial charge in [-0.15, -0.1) is 0 Å². The second kappa shape index (κ2) is 6.50. The number of thioether (sulfide) groups is 1. The van der Waals surface area contributed by atoms with Crippen LogP contribution in [0.15, 0.2) is 0 Å². The molecule has 0 aromatic carbocycles. The average molecular weight is 244 g/mol. The molecule has 0 aromatic rings. The first-order valence-electron chi connectivity index (χ1n) is 6.15. The predicted octanol–water partition coefficient (Wildman–Crippen LogP) is 1.76. The van der Waals surface area contributed by atoms with E-state index in [2.05, 4.69) is 11.6 Å². The van der Waals surface area contributed by atoms with E-state index in [-0.39, 0.29) is 17.9 Å². The van der Waals surface area contributed by atoms with Crippen LogP contribution in [0.5, 0.6) is 0 Å². The zero-order chi connectivity index (χ0) is 12.1. The first-order chi connectivity index (χ1) is 7.56. The van der Waals surface area contributed by atoms with Gasteiger partial charge in [0.15, 0.2) is 0 Å². The highest BCUT2D eigenvalue weighted by Crippen LogP contribution is 2.27. The number of hydrogen-bond acceptors (Lipinski definition) is 3. The van der Waals surface area contributed by atoms with E-state index in [1.54, 1.807) is 0 Å². The Kier molecular flexibility index (Phi) is 5.62. The highest BCUT2D eigenvalue weighted by molar-refractivity contribution is 7.99. The van der Waals surface area contributed by atoms with Crippen molar-refractivity contribution >= 4 is 17.7 Å². The number of hydrogen-bond donors (Lipinski definition) is 2. The summed E-state index contributed by atoms with van der Waals surface area (Å²) in [7, 11) is 0. The standard InChI is InChI=1S/C12H24N2OS/c1-8(9(2)13)12(15)14-10-6-4-5-7-11(10)16-3/h8-11H,4-7,13H2,1-3H3,(H,14,15). The third-order valence-corrected chi connectivity index (χ3v) is 4.70. The van der Waals surface area contributed by atoms with Gasteiger partial charge in [-0.25, -0.2) is 0 Å². The number of rotatable bonds is 4. The number of nitrogens with two attached hydrogens (primary N) is 1. The van der Waals surface area contributed by atoms with Crippen LogP contribution in [0, 0.1) is 5.92 Å². The van der Waals surface area contributed by atoms with Crippen LogP contribution in [0.4, 0.5) is 0 Å². The maximum Gasteiger partial charge on any atom is 0.224 e. The van der Waals surface area contributed by atoms with Gasteiger partial charge in [0, 0.05) is 23.3 Å². The zero-order valence-corrected chi connectivity index (χ0v) is 11.3. The number of nitrogens with one attached hydrogen (secondary N) is 1. The molecule has 3 N–H and O–H groups in total. The molecule has 0 spiro atoms. The van der Waals surface area contributed by atoms with E-state index in [1.165, 1.54) is 19.3 Å². The molecule has 4 unspecified atom stereocenters.